The summed E-state index contributed by atoms with van der Waals surface area (Å²) >= 11 is 0. The van der Waals surface area contributed by atoms with Crippen molar-refractivity contribution >= 4 is 35.6 Å². The summed E-state index contributed by atoms with van der Waals surface area (Å²) in [5.74, 6) is -0.212. The standard InChI is InChI=1S/C20H23N3O5.ClH/c1-26-16-9-13(10-17(27-2)19(16)28-11-18(21)24)20(25)23-14-5-6-15-12(8-14)4-3-7-22-15;/h5-6,8-10,22H,3-4,7,11H2,1-2H3,(H2,21,24)(H,23,25);1H. The summed E-state index contributed by atoms with van der Waals surface area (Å²) in [6.45, 7) is 0.629. The molecule has 0 radical (unpaired) electrons. The summed E-state index contributed by atoms with van der Waals surface area (Å²) in [5.41, 5.74) is 8.43. The Labute approximate surface area is 175 Å². The first-order valence-corrected chi connectivity index (χ1v) is 8.87. The predicted octanol–water partition coefficient (Wildman–Crippen LogP) is 2.60. The smallest absolute Gasteiger partial charge is 0.255 e. The zero-order chi connectivity index (χ0) is 20.1. The number of halogens is 1. The van der Waals surface area contributed by atoms with E-state index in [0.717, 1.165) is 25.1 Å². The maximum Gasteiger partial charge on any atom is 0.255 e. The molecule has 2 amide bonds. The van der Waals surface area contributed by atoms with Crippen LogP contribution in [0.4, 0.5) is 11.4 Å². The lowest BCUT2D eigenvalue weighted by atomic mass is 10.0. The quantitative estimate of drug-likeness (QED) is 0.633. The molecular weight excluding hydrogens is 398 g/mol. The lowest BCUT2D eigenvalue weighted by Gasteiger charge is -2.19. The second-order valence-electron chi connectivity index (χ2n) is 6.32. The molecule has 0 fully saturated rings. The van der Waals surface area contributed by atoms with Crippen molar-refractivity contribution in [3.8, 4) is 17.2 Å². The first-order valence-electron chi connectivity index (χ1n) is 8.87. The SMILES string of the molecule is COc1cc(C(=O)Nc2ccc3c(c2)CCCN3)cc(OC)c1OCC(N)=O.Cl. The molecule has 0 aliphatic carbocycles. The van der Waals surface area contributed by atoms with Crippen molar-refractivity contribution in [2.45, 2.75) is 12.8 Å². The fourth-order valence-corrected chi connectivity index (χ4v) is 3.05. The minimum absolute atomic E-state index is 0. The lowest BCUT2D eigenvalue weighted by molar-refractivity contribution is -0.120. The van der Waals surface area contributed by atoms with Gasteiger partial charge in [0.15, 0.2) is 18.1 Å². The molecule has 0 saturated heterocycles. The van der Waals surface area contributed by atoms with Crippen LogP contribution in [0.25, 0.3) is 0 Å². The number of primary amides is 1. The van der Waals surface area contributed by atoms with E-state index in [9.17, 15) is 9.59 Å². The molecule has 8 nitrogen and oxygen atoms in total. The van der Waals surface area contributed by atoms with Crippen LogP contribution in [0.15, 0.2) is 30.3 Å². The summed E-state index contributed by atoms with van der Waals surface area (Å²) in [6.07, 6.45) is 2.03. The average Bonchev–Trinajstić information content (AvgIpc) is 2.71. The Balaban J connectivity index is 0.00000300. The topological polar surface area (TPSA) is 112 Å². The number of nitrogens with one attached hydrogen (secondary N) is 2. The Morgan fingerprint density at radius 1 is 1.14 bits per heavy atom. The van der Waals surface area contributed by atoms with Crippen molar-refractivity contribution in [1.29, 1.82) is 0 Å². The lowest BCUT2D eigenvalue weighted by Crippen LogP contribution is -2.20. The Kier molecular flexibility index (Phi) is 7.55. The van der Waals surface area contributed by atoms with Crippen LogP contribution in [-0.4, -0.2) is 39.2 Å². The van der Waals surface area contributed by atoms with Gasteiger partial charge in [0.1, 0.15) is 0 Å². The molecule has 9 heteroatoms. The second-order valence-corrected chi connectivity index (χ2v) is 6.32. The molecule has 0 atom stereocenters. The first kappa shape index (κ1) is 22.2. The number of aryl methyl sites for hydroxylation is 1. The summed E-state index contributed by atoms with van der Waals surface area (Å²) in [6, 6.07) is 8.83. The highest BCUT2D eigenvalue weighted by atomic mass is 35.5. The Bertz CT molecular complexity index is 879. The van der Waals surface area contributed by atoms with Gasteiger partial charge in [0.25, 0.3) is 11.8 Å². The highest BCUT2D eigenvalue weighted by molar-refractivity contribution is 6.05. The molecular formula is C20H24ClN3O5. The van der Waals surface area contributed by atoms with Crippen molar-refractivity contribution in [3.05, 3.63) is 41.5 Å². The number of fused-ring (bicyclic) bond motifs is 1. The fourth-order valence-electron chi connectivity index (χ4n) is 3.05. The van der Waals surface area contributed by atoms with Crippen LogP contribution in [0.1, 0.15) is 22.3 Å². The van der Waals surface area contributed by atoms with Gasteiger partial charge in [0, 0.05) is 23.5 Å². The molecule has 0 bridgehead atoms. The van der Waals surface area contributed by atoms with Crippen molar-refractivity contribution in [2.24, 2.45) is 5.73 Å². The van der Waals surface area contributed by atoms with Crippen LogP contribution >= 0.6 is 12.4 Å². The van der Waals surface area contributed by atoms with Gasteiger partial charge >= 0.3 is 0 Å². The summed E-state index contributed by atoms with van der Waals surface area (Å²) in [7, 11) is 2.87. The van der Waals surface area contributed by atoms with Gasteiger partial charge in [-0.1, -0.05) is 0 Å². The number of nitrogens with two attached hydrogens (primary N) is 1. The van der Waals surface area contributed by atoms with Gasteiger partial charge in [-0.3, -0.25) is 9.59 Å². The summed E-state index contributed by atoms with van der Waals surface area (Å²) in [4.78, 5) is 23.7. The minimum atomic E-state index is -0.632. The van der Waals surface area contributed by atoms with Gasteiger partial charge in [-0.05, 0) is 48.7 Å². The number of benzene rings is 2. The van der Waals surface area contributed by atoms with Gasteiger partial charge in [0.2, 0.25) is 5.75 Å². The van der Waals surface area contributed by atoms with E-state index in [1.165, 1.54) is 31.9 Å². The molecule has 29 heavy (non-hydrogen) atoms. The van der Waals surface area contributed by atoms with Gasteiger partial charge < -0.3 is 30.6 Å². The first-order chi connectivity index (χ1) is 13.5. The number of anilines is 2. The largest absolute Gasteiger partial charge is 0.493 e. The third-order valence-corrected chi connectivity index (χ3v) is 4.38. The van der Waals surface area contributed by atoms with E-state index in [-0.39, 0.29) is 42.2 Å². The Morgan fingerprint density at radius 2 is 1.83 bits per heavy atom. The van der Waals surface area contributed by atoms with Crippen LogP contribution in [0.5, 0.6) is 17.2 Å². The normalized spacial score (nSPS) is 11.9. The van der Waals surface area contributed by atoms with Crippen molar-refractivity contribution in [2.75, 3.05) is 38.0 Å². The molecule has 0 saturated carbocycles. The van der Waals surface area contributed by atoms with Crippen molar-refractivity contribution in [3.63, 3.8) is 0 Å². The van der Waals surface area contributed by atoms with E-state index in [4.69, 9.17) is 19.9 Å². The molecule has 2 aromatic carbocycles. The number of rotatable bonds is 7. The highest BCUT2D eigenvalue weighted by Crippen LogP contribution is 2.38. The summed E-state index contributed by atoms with van der Waals surface area (Å²) < 4.78 is 15.9. The van der Waals surface area contributed by atoms with Gasteiger partial charge in [-0.25, -0.2) is 0 Å². The highest BCUT2D eigenvalue weighted by Gasteiger charge is 2.19. The molecule has 4 N–H and O–H groups in total. The van der Waals surface area contributed by atoms with E-state index in [2.05, 4.69) is 10.6 Å². The van der Waals surface area contributed by atoms with E-state index in [1.54, 1.807) is 0 Å². The minimum Gasteiger partial charge on any atom is -0.493 e. The van der Waals surface area contributed by atoms with Gasteiger partial charge in [-0.2, -0.15) is 0 Å². The number of carbonyl (C=O) groups is 2. The molecule has 0 aromatic heterocycles. The number of hydrogen-bond donors (Lipinski definition) is 3. The van der Waals surface area contributed by atoms with Gasteiger partial charge in [0.05, 0.1) is 14.2 Å². The van der Waals surface area contributed by atoms with Crippen molar-refractivity contribution < 1.29 is 23.8 Å². The molecule has 2 aromatic rings. The van der Waals surface area contributed by atoms with E-state index >= 15 is 0 Å². The second kappa shape index (κ2) is 9.88. The summed E-state index contributed by atoms with van der Waals surface area (Å²) in [5, 5.41) is 6.23. The third-order valence-electron chi connectivity index (χ3n) is 4.38. The maximum absolute atomic E-state index is 12.7. The average molecular weight is 422 g/mol. The van der Waals surface area contributed by atoms with Crippen LogP contribution in [0.3, 0.4) is 0 Å². The number of methoxy groups -OCH3 is 2. The van der Waals surface area contributed by atoms with Crippen molar-refractivity contribution in [1.82, 2.24) is 0 Å². The molecule has 1 aliphatic rings. The van der Waals surface area contributed by atoms with E-state index in [1.807, 2.05) is 18.2 Å². The third kappa shape index (κ3) is 5.23. The predicted molar refractivity (Wildman–Crippen MR) is 113 cm³/mol. The van der Waals surface area contributed by atoms with Crippen LogP contribution < -0.4 is 30.6 Å². The number of hydrogen-bond acceptors (Lipinski definition) is 6. The van der Waals surface area contributed by atoms with E-state index in [0.29, 0.717) is 11.3 Å². The van der Waals surface area contributed by atoms with E-state index < -0.39 is 5.91 Å². The molecule has 1 heterocycles. The van der Waals surface area contributed by atoms with Crippen LogP contribution in [-0.2, 0) is 11.2 Å². The monoisotopic (exact) mass is 421 g/mol. The molecule has 0 spiro atoms. The number of ether oxygens (including phenoxy) is 3. The zero-order valence-electron chi connectivity index (χ0n) is 16.2. The molecule has 0 unspecified atom stereocenters. The van der Waals surface area contributed by atoms with Gasteiger partial charge in [-0.15, -0.1) is 12.4 Å². The zero-order valence-corrected chi connectivity index (χ0v) is 17.1. The molecule has 156 valence electrons. The molecule has 3 rings (SSSR count). The molecule has 1 aliphatic heterocycles. The van der Waals surface area contributed by atoms with Crippen LogP contribution in [0.2, 0.25) is 0 Å². The Hall–Kier alpha value is -3.13. The maximum atomic E-state index is 12.7. The van der Waals surface area contributed by atoms with Crippen LogP contribution in [0, 0.1) is 0 Å². The Morgan fingerprint density at radius 3 is 2.45 bits per heavy atom. The number of amides is 2. The number of carbonyl (C=O) groups excluding carboxylic acids is 2. The fraction of sp³-hybridized carbons (Fsp3) is 0.300.